The Morgan fingerprint density at radius 1 is 1.10 bits per heavy atom. The monoisotopic (exact) mass is 277 g/mol. The minimum absolute atomic E-state index is 0.372. The van der Waals surface area contributed by atoms with Gasteiger partial charge in [-0.25, -0.2) is 0 Å². The van der Waals surface area contributed by atoms with Gasteiger partial charge < -0.3 is 5.73 Å². The number of carbonyl (C=O) groups excluding carboxylic acids is 1. The summed E-state index contributed by atoms with van der Waals surface area (Å²) in [5, 5.41) is 12.7. The Morgan fingerprint density at radius 2 is 1.90 bits per heavy atom. The molecule has 0 radical (unpaired) electrons. The lowest BCUT2D eigenvalue weighted by Gasteiger charge is -2.04. The Hall–Kier alpha value is -3.15. The van der Waals surface area contributed by atoms with Gasteiger partial charge in [0, 0.05) is 10.8 Å². The molecule has 2 heterocycles. The van der Waals surface area contributed by atoms with Crippen LogP contribution in [-0.4, -0.2) is 25.9 Å². The number of carbonyl (C=O) groups is 1. The SMILES string of the molecule is NC(=O)c1[nH]n(-c2ccccc2)c2c1ccc1nncc12. The van der Waals surface area contributed by atoms with Crippen molar-refractivity contribution in [3.63, 3.8) is 0 Å². The van der Waals surface area contributed by atoms with E-state index in [-0.39, 0.29) is 0 Å². The highest BCUT2D eigenvalue weighted by Gasteiger charge is 2.17. The standard InChI is InChI=1S/C15H11N5O/c16-15(21)13-10-6-7-12-11(8-17-18-12)14(10)20(19-13)9-4-2-1-3-5-9/h1-8,19H,(H2,16,21). The van der Waals surface area contributed by atoms with Crippen molar-refractivity contribution in [2.24, 2.45) is 5.73 Å². The van der Waals surface area contributed by atoms with E-state index in [2.05, 4.69) is 15.3 Å². The molecule has 0 aliphatic rings. The molecule has 102 valence electrons. The first-order valence-electron chi connectivity index (χ1n) is 6.46. The number of para-hydroxylation sites is 1. The van der Waals surface area contributed by atoms with Gasteiger partial charge in [0.2, 0.25) is 0 Å². The van der Waals surface area contributed by atoms with E-state index in [9.17, 15) is 4.79 Å². The molecule has 6 nitrogen and oxygen atoms in total. The maximum absolute atomic E-state index is 11.7. The van der Waals surface area contributed by atoms with E-state index < -0.39 is 5.91 Å². The summed E-state index contributed by atoms with van der Waals surface area (Å²) in [4.78, 5) is 11.7. The van der Waals surface area contributed by atoms with Gasteiger partial charge in [-0.1, -0.05) is 18.2 Å². The Balaban J connectivity index is 2.19. The molecule has 0 unspecified atom stereocenters. The van der Waals surface area contributed by atoms with Gasteiger partial charge in [0.25, 0.3) is 5.91 Å². The zero-order valence-corrected chi connectivity index (χ0v) is 10.9. The quantitative estimate of drug-likeness (QED) is 0.587. The second-order valence-electron chi connectivity index (χ2n) is 4.76. The van der Waals surface area contributed by atoms with Gasteiger partial charge in [0.1, 0.15) is 5.69 Å². The molecule has 2 aromatic heterocycles. The normalized spacial score (nSPS) is 11.2. The van der Waals surface area contributed by atoms with Crippen LogP contribution in [0.2, 0.25) is 0 Å². The van der Waals surface area contributed by atoms with Crippen LogP contribution in [0.5, 0.6) is 0 Å². The molecule has 6 heteroatoms. The molecule has 0 bridgehead atoms. The van der Waals surface area contributed by atoms with Crippen molar-refractivity contribution >= 4 is 27.7 Å². The fraction of sp³-hybridized carbons (Fsp3) is 0. The molecule has 0 atom stereocenters. The first-order valence-corrected chi connectivity index (χ1v) is 6.46. The van der Waals surface area contributed by atoms with Crippen molar-refractivity contribution in [2.75, 3.05) is 0 Å². The lowest BCUT2D eigenvalue weighted by molar-refractivity contribution is 0.0996. The number of hydrogen-bond acceptors (Lipinski definition) is 3. The number of H-pyrrole nitrogens is 1. The van der Waals surface area contributed by atoms with Crippen LogP contribution in [0.4, 0.5) is 0 Å². The molecule has 2 aromatic carbocycles. The minimum Gasteiger partial charge on any atom is -0.364 e. The maximum Gasteiger partial charge on any atom is 0.267 e. The molecule has 0 aliphatic carbocycles. The molecule has 4 aromatic rings. The lowest BCUT2D eigenvalue weighted by Crippen LogP contribution is -2.12. The summed E-state index contributed by atoms with van der Waals surface area (Å²) in [6, 6.07) is 13.4. The van der Waals surface area contributed by atoms with E-state index in [1.165, 1.54) is 0 Å². The van der Waals surface area contributed by atoms with Gasteiger partial charge in [0.15, 0.2) is 0 Å². The number of fused-ring (bicyclic) bond motifs is 3. The molecule has 21 heavy (non-hydrogen) atoms. The Labute approximate surface area is 119 Å². The minimum atomic E-state index is -0.499. The molecule has 3 N–H and O–H groups in total. The van der Waals surface area contributed by atoms with Crippen molar-refractivity contribution in [3.8, 4) is 5.69 Å². The van der Waals surface area contributed by atoms with Crippen molar-refractivity contribution in [3.05, 3.63) is 54.4 Å². The van der Waals surface area contributed by atoms with Crippen LogP contribution in [0.1, 0.15) is 10.5 Å². The fourth-order valence-electron chi connectivity index (χ4n) is 2.59. The number of benzene rings is 2. The number of rotatable bonds is 2. The van der Waals surface area contributed by atoms with E-state index in [4.69, 9.17) is 5.73 Å². The Bertz CT molecular complexity index is 968. The number of nitrogens with one attached hydrogen (secondary N) is 1. The summed E-state index contributed by atoms with van der Waals surface area (Å²) in [6.45, 7) is 0. The smallest absolute Gasteiger partial charge is 0.267 e. The third-order valence-corrected chi connectivity index (χ3v) is 3.52. The Morgan fingerprint density at radius 3 is 2.67 bits per heavy atom. The number of amides is 1. The average Bonchev–Trinajstić information content (AvgIpc) is 3.11. The van der Waals surface area contributed by atoms with Gasteiger partial charge in [0.05, 0.1) is 22.9 Å². The average molecular weight is 277 g/mol. The summed E-state index contributed by atoms with van der Waals surface area (Å²) in [7, 11) is 0. The van der Waals surface area contributed by atoms with Crippen LogP contribution >= 0.6 is 0 Å². The number of nitrogens with zero attached hydrogens (tertiary/aromatic N) is 3. The zero-order chi connectivity index (χ0) is 14.4. The molecular formula is C15H11N5O. The van der Waals surface area contributed by atoms with E-state index in [0.29, 0.717) is 5.69 Å². The number of aromatic amines is 1. The van der Waals surface area contributed by atoms with Crippen LogP contribution in [0.25, 0.3) is 27.5 Å². The summed E-state index contributed by atoms with van der Waals surface area (Å²) >= 11 is 0. The number of nitrogens with two attached hydrogens (primary N) is 1. The highest BCUT2D eigenvalue weighted by atomic mass is 16.1. The highest BCUT2D eigenvalue weighted by Crippen LogP contribution is 2.28. The van der Waals surface area contributed by atoms with E-state index in [1.807, 2.05) is 47.1 Å². The molecule has 0 fully saturated rings. The van der Waals surface area contributed by atoms with Crippen molar-refractivity contribution < 1.29 is 4.79 Å². The van der Waals surface area contributed by atoms with Gasteiger partial charge in [-0.3, -0.25) is 14.6 Å². The predicted molar refractivity (Wildman–Crippen MR) is 79.2 cm³/mol. The largest absolute Gasteiger partial charge is 0.364 e. The third-order valence-electron chi connectivity index (χ3n) is 3.52. The number of aromatic nitrogens is 4. The molecule has 4 rings (SSSR count). The van der Waals surface area contributed by atoms with Crippen LogP contribution in [-0.2, 0) is 0 Å². The predicted octanol–water partition coefficient (Wildman–Crippen LogP) is 2.00. The first-order chi connectivity index (χ1) is 10.3. The van der Waals surface area contributed by atoms with Gasteiger partial charge in [-0.05, 0) is 24.3 Å². The second-order valence-corrected chi connectivity index (χ2v) is 4.76. The third kappa shape index (κ3) is 1.62. The van der Waals surface area contributed by atoms with Gasteiger partial charge in [-0.2, -0.15) is 10.2 Å². The van der Waals surface area contributed by atoms with E-state index in [0.717, 1.165) is 27.5 Å². The van der Waals surface area contributed by atoms with Crippen molar-refractivity contribution in [1.29, 1.82) is 0 Å². The summed E-state index contributed by atoms with van der Waals surface area (Å²) in [5.41, 5.74) is 8.38. The topological polar surface area (TPSA) is 89.6 Å². The van der Waals surface area contributed by atoms with Crippen LogP contribution in [0.15, 0.2) is 48.7 Å². The van der Waals surface area contributed by atoms with Crippen molar-refractivity contribution in [1.82, 2.24) is 20.0 Å². The van der Waals surface area contributed by atoms with Crippen LogP contribution < -0.4 is 5.73 Å². The van der Waals surface area contributed by atoms with Crippen LogP contribution in [0.3, 0.4) is 0 Å². The molecular weight excluding hydrogens is 266 g/mol. The van der Waals surface area contributed by atoms with E-state index >= 15 is 0 Å². The fourth-order valence-corrected chi connectivity index (χ4v) is 2.59. The van der Waals surface area contributed by atoms with Gasteiger partial charge in [-0.15, -0.1) is 0 Å². The van der Waals surface area contributed by atoms with E-state index in [1.54, 1.807) is 6.20 Å². The molecule has 0 saturated heterocycles. The summed E-state index contributed by atoms with van der Waals surface area (Å²) < 4.78 is 1.83. The van der Waals surface area contributed by atoms with Gasteiger partial charge >= 0.3 is 0 Å². The van der Waals surface area contributed by atoms with Crippen molar-refractivity contribution in [2.45, 2.75) is 0 Å². The number of primary amides is 1. The maximum atomic E-state index is 11.7. The first kappa shape index (κ1) is 11.7. The molecule has 0 spiro atoms. The molecule has 0 aliphatic heterocycles. The summed E-state index contributed by atoms with van der Waals surface area (Å²) in [5.74, 6) is -0.499. The highest BCUT2D eigenvalue weighted by molar-refractivity contribution is 6.12. The Kier molecular flexibility index (Phi) is 2.32. The number of hydrogen-bond donors (Lipinski definition) is 2. The lowest BCUT2D eigenvalue weighted by atomic mass is 10.1. The molecule has 1 amide bonds. The second kappa shape index (κ2) is 4.17. The zero-order valence-electron chi connectivity index (χ0n) is 10.9. The van der Waals surface area contributed by atoms with Crippen LogP contribution in [0, 0.1) is 0 Å². The summed E-state index contributed by atoms with van der Waals surface area (Å²) in [6.07, 6.45) is 1.69. The molecule has 0 saturated carbocycles.